The van der Waals surface area contributed by atoms with Gasteiger partial charge in [0, 0.05) is 0 Å². The van der Waals surface area contributed by atoms with Gasteiger partial charge in [0.2, 0.25) is 0 Å². The van der Waals surface area contributed by atoms with Crippen LogP contribution in [0.15, 0.2) is 30.5 Å². The van der Waals surface area contributed by atoms with Gasteiger partial charge < -0.3 is 10.1 Å². The lowest BCUT2D eigenvalue weighted by molar-refractivity contribution is -0.144. The lowest BCUT2D eigenvalue weighted by Gasteiger charge is -2.12. The fourth-order valence-electron chi connectivity index (χ4n) is 2.10. The van der Waals surface area contributed by atoms with Crippen LogP contribution in [0.25, 0.3) is 5.69 Å². The van der Waals surface area contributed by atoms with E-state index in [1.807, 2.05) is 0 Å². The van der Waals surface area contributed by atoms with Crippen molar-refractivity contribution in [2.24, 2.45) is 0 Å². The minimum Gasteiger partial charge on any atom is -0.464 e. The van der Waals surface area contributed by atoms with Gasteiger partial charge in [-0.1, -0.05) is 12.1 Å². The Balaban J connectivity index is 2.21. The molecule has 1 amide bonds. The number of carbonyl (C=O) groups is 2. The van der Waals surface area contributed by atoms with Crippen LogP contribution in [0.2, 0.25) is 0 Å². The zero-order chi connectivity index (χ0) is 17.0. The van der Waals surface area contributed by atoms with E-state index in [1.165, 1.54) is 23.9 Å². The highest BCUT2D eigenvalue weighted by atomic mass is 19.1. The van der Waals surface area contributed by atoms with E-state index in [2.05, 4.69) is 10.4 Å². The number of nitrogens with one attached hydrogen (secondary N) is 1. The zero-order valence-electron chi connectivity index (χ0n) is 13.2. The van der Waals surface area contributed by atoms with E-state index in [9.17, 15) is 14.0 Å². The Morgan fingerprint density at radius 2 is 2.09 bits per heavy atom. The summed E-state index contributed by atoms with van der Waals surface area (Å²) < 4.78 is 20.0. The third-order valence-corrected chi connectivity index (χ3v) is 3.32. The number of carbonyl (C=O) groups excluding carboxylic acids is 2. The van der Waals surface area contributed by atoms with Crippen LogP contribution >= 0.6 is 0 Å². The Morgan fingerprint density at radius 3 is 2.74 bits per heavy atom. The Bertz CT molecular complexity index is 727. The lowest BCUT2D eigenvalue weighted by Crippen LogP contribution is -2.39. The van der Waals surface area contributed by atoms with Gasteiger partial charge in [-0.15, -0.1) is 0 Å². The summed E-state index contributed by atoms with van der Waals surface area (Å²) >= 11 is 0. The Labute approximate surface area is 133 Å². The molecule has 0 radical (unpaired) electrons. The molecule has 23 heavy (non-hydrogen) atoms. The Hall–Kier alpha value is -2.70. The number of ether oxygens (including phenoxy) is 1. The van der Waals surface area contributed by atoms with Crippen molar-refractivity contribution in [2.45, 2.75) is 26.8 Å². The summed E-state index contributed by atoms with van der Waals surface area (Å²) in [5.74, 6) is -1.42. The molecule has 0 fully saturated rings. The predicted octanol–water partition coefficient (Wildman–Crippen LogP) is 2.00. The number of nitrogens with zero attached hydrogens (tertiary/aromatic N) is 2. The van der Waals surface area contributed by atoms with Gasteiger partial charge in [-0.3, -0.25) is 4.79 Å². The number of rotatable bonds is 5. The highest BCUT2D eigenvalue weighted by Gasteiger charge is 2.21. The lowest BCUT2D eigenvalue weighted by atomic mass is 10.2. The molecule has 1 N–H and O–H groups in total. The van der Waals surface area contributed by atoms with E-state index in [-0.39, 0.29) is 17.9 Å². The molecule has 0 aliphatic heterocycles. The molecule has 0 aliphatic rings. The fourth-order valence-corrected chi connectivity index (χ4v) is 2.10. The molecule has 0 aliphatic carbocycles. The average molecular weight is 319 g/mol. The fraction of sp³-hybridized carbons (Fsp3) is 0.312. The van der Waals surface area contributed by atoms with Crippen LogP contribution in [0.5, 0.6) is 0 Å². The molecule has 1 aromatic heterocycles. The quantitative estimate of drug-likeness (QED) is 0.856. The van der Waals surface area contributed by atoms with Gasteiger partial charge in [0.05, 0.1) is 24.1 Å². The van der Waals surface area contributed by atoms with Crippen LogP contribution in [0.3, 0.4) is 0 Å². The molecule has 0 saturated carbocycles. The van der Waals surface area contributed by atoms with Crippen molar-refractivity contribution in [3.63, 3.8) is 0 Å². The molecule has 122 valence electrons. The summed E-state index contributed by atoms with van der Waals surface area (Å²) in [5, 5.41) is 6.60. The predicted molar refractivity (Wildman–Crippen MR) is 81.8 cm³/mol. The maximum atomic E-state index is 13.8. The molecule has 2 rings (SSSR count). The molecular weight excluding hydrogens is 301 g/mol. The summed E-state index contributed by atoms with van der Waals surface area (Å²) in [5.41, 5.74) is 0.996. The Morgan fingerprint density at radius 1 is 1.39 bits per heavy atom. The van der Waals surface area contributed by atoms with Crippen molar-refractivity contribution in [1.29, 1.82) is 0 Å². The number of halogens is 1. The Kier molecular flexibility index (Phi) is 5.10. The van der Waals surface area contributed by atoms with Gasteiger partial charge >= 0.3 is 5.97 Å². The standard InChI is InChI=1S/C16H18FN3O3/c1-4-23-16(22)10(2)19-15(21)12-9-18-20(11(12)3)14-8-6-5-7-13(14)17/h5-10H,4H2,1-3H3,(H,19,21). The van der Waals surface area contributed by atoms with Crippen molar-refractivity contribution in [1.82, 2.24) is 15.1 Å². The van der Waals surface area contributed by atoms with Crippen LogP contribution in [0, 0.1) is 12.7 Å². The van der Waals surface area contributed by atoms with Gasteiger partial charge in [-0.05, 0) is 32.9 Å². The minimum atomic E-state index is -0.779. The van der Waals surface area contributed by atoms with Crippen molar-refractivity contribution in [3.8, 4) is 5.69 Å². The SMILES string of the molecule is CCOC(=O)C(C)NC(=O)c1cnn(-c2ccccc2F)c1C. The summed E-state index contributed by atoms with van der Waals surface area (Å²) in [6.07, 6.45) is 1.34. The van der Waals surface area contributed by atoms with Gasteiger partial charge in [0.15, 0.2) is 0 Å². The molecule has 0 saturated heterocycles. The topological polar surface area (TPSA) is 73.2 Å². The molecule has 2 aromatic rings. The van der Waals surface area contributed by atoms with Gasteiger partial charge in [0.1, 0.15) is 17.5 Å². The van der Waals surface area contributed by atoms with Gasteiger partial charge in [-0.25, -0.2) is 13.9 Å². The van der Waals surface area contributed by atoms with E-state index in [4.69, 9.17) is 4.74 Å². The molecule has 0 spiro atoms. The number of hydrogen-bond acceptors (Lipinski definition) is 4. The summed E-state index contributed by atoms with van der Waals surface area (Å²) in [7, 11) is 0. The molecule has 1 aromatic carbocycles. The van der Waals surface area contributed by atoms with E-state index < -0.39 is 23.7 Å². The summed E-state index contributed by atoms with van der Waals surface area (Å²) in [6, 6.07) is 5.37. The highest BCUT2D eigenvalue weighted by molar-refractivity contribution is 5.97. The van der Waals surface area contributed by atoms with E-state index >= 15 is 0 Å². The second-order valence-electron chi connectivity index (χ2n) is 4.95. The first kappa shape index (κ1) is 16.7. The third kappa shape index (κ3) is 3.56. The number of aromatic nitrogens is 2. The smallest absolute Gasteiger partial charge is 0.328 e. The largest absolute Gasteiger partial charge is 0.464 e. The molecule has 1 unspecified atom stereocenters. The summed E-state index contributed by atoms with van der Waals surface area (Å²) in [6.45, 7) is 5.12. The van der Waals surface area contributed by atoms with Crippen molar-refractivity contribution in [3.05, 3.63) is 47.5 Å². The van der Waals surface area contributed by atoms with Crippen LogP contribution in [-0.2, 0) is 9.53 Å². The zero-order valence-corrected chi connectivity index (χ0v) is 13.2. The second kappa shape index (κ2) is 7.04. The normalized spacial score (nSPS) is 11.8. The minimum absolute atomic E-state index is 0.239. The van der Waals surface area contributed by atoms with Crippen molar-refractivity contribution in [2.75, 3.05) is 6.61 Å². The van der Waals surface area contributed by atoms with Crippen LogP contribution < -0.4 is 5.32 Å². The number of para-hydroxylation sites is 1. The third-order valence-electron chi connectivity index (χ3n) is 3.32. The highest BCUT2D eigenvalue weighted by Crippen LogP contribution is 2.17. The molecule has 1 heterocycles. The number of benzene rings is 1. The number of esters is 1. The number of amides is 1. The molecular formula is C16H18FN3O3. The second-order valence-corrected chi connectivity index (χ2v) is 4.95. The molecule has 7 heteroatoms. The maximum Gasteiger partial charge on any atom is 0.328 e. The molecule has 1 atom stereocenters. The van der Waals surface area contributed by atoms with Gasteiger partial charge in [0.25, 0.3) is 5.91 Å². The first-order chi connectivity index (χ1) is 11.0. The maximum absolute atomic E-state index is 13.8. The summed E-state index contributed by atoms with van der Waals surface area (Å²) in [4.78, 5) is 23.8. The number of hydrogen-bond donors (Lipinski definition) is 1. The monoisotopic (exact) mass is 319 g/mol. The van der Waals surface area contributed by atoms with E-state index in [1.54, 1.807) is 32.0 Å². The van der Waals surface area contributed by atoms with Crippen LogP contribution in [0.4, 0.5) is 4.39 Å². The first-order valence-electron chi connectivity index (χ1n) is 7.22. The van der Waals surface area contributed by atoms with Crippen molar-refractivity contribution >= 4 is 11.9 Å². The van der Waals surface area contributed by atoms with E-state index in [0.717, 1.165) is 0 Å². The first-order valence-corrected chi connectivity index (χ1v) is 7.22. The van der Waals surface area contributed by atoms with E-state index in [0.29, 0.717) is 5.69 Å². The van der Waals surface area contributed by atoms with Gasteiger partial charge in [-0.2, -0.15) is 5.10 Å². The van der Waals surface area contributed by atoms with Crippen LogP contribution in [0.1, 0.15) is 29.9 Å². The van der Waals surface area contributed by atoms with Crippen molar-refractivity contribution < 1.29 is 18.7 Å². The van der Waals surface area contributed by atoms with Crippen LogP contribution in [-0.4, -0.2) is 34.3 Å². The average Bonchev–Trinajstić information content (AvgIpc) is 2.89. The molecule has 6 nitrogen and oxygen atoms in total. The molecule has 0 bridgehead atoms.